The van der Waals surface area contributed by atoms with E-state index in [1.54, 1.807) is 17.8 Å². The van der Waals surface area contributed by atoms with Crippen LogP contribution < -0.4 is 5.73 Å². The van der Waals surface area contributed by atoms with E-state index in [0.717, 1.165) is 27.8 Å². The van der Waals surface area contributed by atoms with Gasteiger partial charge in [0.1, 0.15) is 0 Å². The summed E-state index contributed by atoms with van der Waals surface area (Å²) in [6, 6.07) is 5.52. The summed E-state index contributed by atoms with van der Waals surface area (Å²) in [7, 11) is 0. The van der Waals surface area contributed by atoms with Gasteiger partial charge in [-0.3, -0.25) is 0 Å². The van der Waals surface area contributed by atoms with Crippen LogP contribution in [-0.2, 0) is 5.75 Å². The van der Waals surface area contributed by atoms with E-state index < -0.39 is 0 Å². The normalized spacial score (nSPS) is 12.7. The average molecular weight is 246 g/mol. The van der Waals surface area contributed by atoms with Crippen molar-refractivity contribution in [2.24, 2.45) is 5.92 Å². The summed E-state index contributed by atoms with van der Waals surface area (Å²) in [5.41, 5.74) is 7.67. The molecule has 4 heteroatoms. The monoisotopic (exact) mass is 245 g/mol. The van der Waals surface area contributed by atoms with Crippen molar-refractivity contribution < 1.29 is 5.11 Å². The number of anilines is 1. The number of aliphatic hydroxyl groups excluding tert-OH is 1. The second kappa shape index (κ2) is 6.26. The minimum absolute atomic E-state index is 0.234. The van der Waals surface area contributed by atoms with Crippen molar-refractivity contribution in [2.75, 3.05) is 18.1 Å². The van der Waals surface area contributed by atoms with Crippen LogP contribution in [0, 0.1) is 5.92 Å². The lowest BCUT2D eigenvalue weighted by Crippen LogP contribution is -2.04. The van der Waals surface area contributed by atoms with Gasteiger partial charge in [-0.05, 0) is 35.4 Å². The zero-order chi connectivity index (χ0) is 11.3. The SMILES string of the molecule is CC(CO)CSCc1cc(Cl)ccc1N. The molecule has 0 saturated carbocycles. The van der Waals surface area contributed by atoms with Gasteiger partial charge in [0.15, 0.2) is 0 Å². The molecule has 0 bridgehead atoms. The molecule has 0 heterocycles. The molecular weight excluding hydrogens is 230 g/mol. The van der Waals surface area contributed by atoms with Gasteiger partial charge in [-0.15, -0.1) is 0 Å². The molecule has 0 amide bonds. The van der Waals surface area contributed by atoms with Gasteiger partial charge in [-0.2, -0.15) is 11.8 Å². The second-order valence-electron chi connectivity index (χ2n) is 3.65. The van der Waals surface area contributed by atoms with E-state index in [4.69, 9.17) is 22.4 Å². The number of hydrogen-bond acceptors (Lipinski definition) is 3. The van der Waals surface area contributed by atoms with Crippen molar-refractivity contribution in [3.63, 3.8) is 0 Å². The molecule has 0 aliphatic heterocycles. The van der Waals surface area contributed by atoms with Crippen LogP contribution in [0.2, 0.25) is 5.02 Å². The minimum atomic E-state index is 0.234. The minimum Gasteiger partial charge on any atom is -0.398 e. The Morgan fingerprint density at radius 2 is 2.27 bits per heavy atom. The third-order valence-corrected chi connectivity index (χ3v) is 3.63. The highest BCUT2D eigenvalue weighted by Crippen LogP contribution is 2.23. The van der Waals surface area contributed by atoms with E-state index in [-0.39, 0.29) is 6.61 Å². The van der Waals surface area contributed by atoms with Crippen molar-refractivity contribution >= 4 is 29.1 Å². The maximum Gasteiger partial charge on any atom is 0.0464 e. The Balaban J connectivity index is 2.46. The quantitative estimate of drug-likeness (QED) is 0.785. The van der Waals surface area contributed by atoms with Gasteiger partial charge in [0.05, 0.1) is 0 Å². The molecule has 0 saturated heterocycles. The molecule has 0 aliphatic carbocycles. The Labute approximate surface area is 99.8 Å². The standard InChI is InChI=1S/C11H16ClNOS/c1-8(5-14)6-15-7-9-4-10(12)2-3-11(9)13/h2-4,8,14H,5-7,13H2,1H3. The molecule has 0 radical (unpaired) electrons. The number of rotatable bonds is 5. The molecule has 0 aliphatic rings. The maximum atomic E-state index is 8.87. The third kappa shape index (κ3) is 4.33. The van der Waals surface area contributed by atoms with Crippen molar-refractivity contribution in [3.05, 3.63) is 28.8 Å². The number of nitrogen functional groups attached to an aromatic ring is 1. The van der Waals surface area contributed by atoms with E-state index in [0.29, 0.717) is 5.92 Å². The highest BCUT2D eigenvalue weighted by Gasteiger charge is 2.03. The molecule has 1 rings (SSSR count). The van der Waals surface area contributed by atoms with Gasteiger partial charge >= 0.3 is 0 Å². The lowest BCUT2D eigenvalue weighted by molar-refractivity contribution is 0.250. The van der Waals surface area contributed by atoms with E-state index in [2.05, 4.69) is 0 Å². The number of benzene rings is 1. The summed E-state index contributed by atoms with van der Waals surface area (Å²) < 4.78 is 0. The molecule has 2 nitrogen and oxygen atoms in total. The first-order valence-electron chi connectivity index (χ1n) is 4.86. The van der Waals surface area contributed by atoms with Crippen LogP contribution in [0.25, 0.3) is 0 Å². The lowest BCUT2D eigenvalue weighted by Gasteiger charge is -2.09. The Kier molecular flexibility index (Phi) is 5.29. The number of halogens is 1. The molecule has 1 aromatic carbocycles. The Hall–Kier alpha value is -0.380. The van der Waals surface area contributed by atoms with Gasteiger partial charge in [0.2, 0.25) is 0 Å². The molecule has 1 aromatic rings. The Morgan fingerprint density at radius 1 is 1.53 bits per heavy atom. The highest BCUT2D eigenvalue weighted by molar-refractivity contribution is 7.98. The fraction of sp³-hybridized carbons (Fsp3) is 0.455. The first kappa shape index (κ1) is 12.7. The average Bonchev–Trinajstić information content (AvgIpc) is 2.23. The van der Waals surface area contributed by atoms with Gasteiger partial charge in [-0.25, -0.2) is 0 Å². The smallest absolute Gasteiger partial charge is 0.0464 e. The van der Waals surface area contributed by atoms with Crippen LogP contribution in [0.4, 0.5) is 5.69 Å². The molecule has 0 spiro atoms. The van der Waals surface area contributed by atoms with Gasteiger partial charge in [-0.1, -0.05) is 18.5 Å². The lowest BCUT2D eigenvalue weighted by atomic mass is 10.2. The molecule has 1 unspecified atom stereocenters. The van der Waals surface area contributed by atoms with Crippen LogP contribution in [-0.4, -0.2) is 17.5 Å². The van der Waals surface area contributed by atoms with Crippen LogP contribution >= 0.6 is 23.4 Å². The summed E-state index contributed by atoms with van der Waals surface area (Å²) in [6.45, 7) is 2.26. The number of aliphatic hydroxyl groups is 1. The largest absolute Gasteiger partial charge is 0.398 e. The van der Waals surface area contributed by atoms with Crippen molar-refractivity contribution in [1.82, 2.24) is 0 Å². The summed E-state index contributed by atoms with van der Waals surface area (Å²) in [5, 5.41) is 9.59. The predicted molar refractivity (Wildman–Crippen MR) is 68.3 cm³/mol. The Bertz CT molecular complexity index is 319. The number of nitrogens with two attached hydrogens (primary N) is 1. The summed E-state index contributed by atoms with van der Waals surface area (Å²) in [5.74, 6) is 2.11. The maximum absolute atomic E-state index is 8.87. The van der Waals surface area contributed by atoms with Crippen molar-refractivity contribution in [2.45, 2.75) is 12.7 Å². The summed E-state index contributed by atoms with van der Waals surface area (Å²) >= 11 is 7.64. The van der Waals surface area contributed by atoms with Crippen LogP contribution in [0.15, 0.2) is 18.2 Å². The molecule has 3 N–H and O–H groups in total. The second-order valence-corrected chi connectivity index (χ2v) is 5.11. The zero-order valence-corrected chi connectivity index (χ0v) is 10.3. The van der Waals surface area contributed by atoms with Crippen molar-refractivity contribution in [1.29, 1.82) is 0 Å². The van der Waals surface area contributed by atoms with E-state index in [1.807, 2.05) is 19.1 Å². The van der Waals surface area contributed by atoms with Crippen LogP contribution in [0.1, 0.15) is 12.5 Å². The van der Waals surface area contributed by atoms with E-state index in [1.165, 1.54) is 0 Å². The topological polar surface area (TPSA) is 46.2 Å². The highest BCUT2D eigenvalue weighted by atomic mass is 35.5. The fourth-order valence-electron chi connectivity index (χ4n) is 1.12. The number of hydrogen-bond donors (Lipinski definition) is 2. The molecular formula is C11H16ClNOS. The van der Waals surface area contributed by atoms with Crippen LogP contribution in [0.5, 0.6) is 0 Å². The van der Waals surface area contributed by atoms with E-state index >= 15 is 0 Å². The van der Waals surface area contributed by atoms with Crippen molar-refractivity contribution in [3.8, 4) is 0 Å². The van der Waals surface area contributed by atoms with Crippen LogP contribution in [0.3, 0.4) is 0 Å². The first-order chi connectivity index (χ1) is 7.13. The Morgan fingerprint density at radius 3 is 2.93 bits per heavy atom. The zero-order valence-electron chi connectivity index (χ0n) is 8.74. The predicted octanol–water partition coefficient (Wildman–Crippen LogP) is 2.78. The van der Waals surface area contributed by atoms with Gasteiger partial charge < -0.3 is 10.8 Å². The molecule has 1 atom stereocenters. The van der Waals surface area contributed by atoms with Gasteiger partial charge in [0, 0.05) is 23.1 Å². The third-order valence-electron chi connectivity index (χ3n) is 2.08. The van der Waals surface area contributed by atoms with Gasteiger partial charge in [0.25, 0.3) is 0 Å². The fourth-order valence-corrected chi connectivity index (χ4v) is 2.41. The summed E-state index contributed by atoms with van der Waals surface area (Å²) in [6.07, 6.45) is 0. The molecule has 0 aromatic heterocycles. The summed E-state index contributed by atoms with van der Waals surface area (Å²) in [4.78, 5) is 0. The molecule has 15 heavy (non-hydrogen) atoms. The first-order valence-corrected chi connectivity index (χ1v) is 6.39. The molecule has 0 fully saturated rings. The molecule has 84 valence electrons. The van der Waals surface area contributed by atoms with E-state index in [9.17, 15) is 0 Å². The number of thioether (sulfide) groups is 1.